The van der Waals surface area contributed by atoms with E-state index in [4.69, 9.17) is 13.7 Å². The Balaban J connectivity index is 1.67. The maximum atomic E-state index is 10.6. The molecule has 1 aliphatic heterocycles. The molecule has 0 radical (unpaired) electrons. The molecule has 1 saturated heterocycles. The maximum Gasteiger partial charge on any atom is 0.494 e. The Morgan fingerprint density at radius 2 is 1.54 bits per heavy atom. The summed E-state index contributed by atoms with van der Waals surface area (Å²) in [5.41, 5.74) is 2.30. The molecule has 132 valence electrons. The average Bonchev–Trinajstić information content (AvgIpc) is 3.12. The first kappa shape index (κ1) is 17.0. The monoisotopic (exact) mass is 349 g/mol. The predicted molar refractivity (Wildman–Crippen MR) is 103 cm³/mol. The fourth-order valence-electron chi connectivity index (χ4n) is 3.02. The highest BCUT2D eigenvalue weighted by atomic mass is 16.7. The largest absolute Gasteiger partial charge is 0.494 e. The molecule has 0 aliphatic carbocycles. The SMILES string of the molecule is CC1(C)OB(c2ccc3oc(-c4ccc(N=O)cc4)cc3c2)OC1(C)C. The van der Waals surface area contributed by atoms with Crippen LogP contribution >= 0.6 is 0 Å². The van der Waals surface area contributed by atoms with Crippen LogP contribution in [0.15, 0.2) is 58.1 Å². The van der Waals surface area contributed by atoms with Crippen LogP contribution in [0.2, 0.25) is 0 Å². The zero-order chi connectivity index (χ0) is 18.5. The first-order chi connectivity index (χ1) is 12.3. The molecule has 1 aromatic heterocycles. The number of benzene rings is 2. The summed E-state index contributed by atoms with van der Waals surface area (Å²) in [7, 11) is -0.402. The summed E-state index contributed by atoms with van der Waals surface area (Å²) < 4.78 is 18.2. The molecular formula is C20H20BNO4. The molecule has 0 spiro atoms. The summed E-state index contributed by atoms with van der Waals surface area (Å²) in [6, 6.07) is 14.9. The molecule has 0 saturated carbocycles. The van der Waals surface area contributed by atoms with Crippen LogP contribution in [-0.4, -0.2) is 18.3 Å². The smallest absolute Gasteiger partial charge is 0.456 e. The van der Waals surface area contributed by atoms with Gasteiger partial charge in [-0.15, -0.1) is 4.91 Å². The van der Waals surface area contributed by atoms with Crippen LogP contribution in [0.5, 0.6) is 0 Å². The molecule has 0 unspecified atom stereocenters. The zero-order valence-corrected chi connectivity index (χ0v) is 15.3. The molecule has 4 rings (SSSR count). The second-order valence-corrected chi connectivity index (χ2v) is 7.63. The molecule has 1 aliphatic rings. The van der Waals surface area contributed by atoms with Crippen molar-refractivity contribution in [1.29, 1.82) is 0 Å². The van der Waals surface area contributed by atoms with Gasteiger partial charge in [0.1, 0.15) is 17.0 Å². The van der Waals surface area contributed by atoms with Gasteiger partial charge in [-0.1, -0.05) is 12.1 Å². The molecule has 1 fully saturated rings. The van der Waals surface area contributed by atoms with Gasteiger partial charge in [-0.05, 0) is 74.7 Å². The lowest BCUT2D eigenvalue weighted by Crippen LogP contribution is -2.41. The third kappa shape index (κ3) is 2.75. The first-order valence-corrected chi connectivity index (χ1v) is 8.62. The van der Waals surface area contributed by atoms with Crippen LogP contribution in [0.3, 0.4) is 0 Å². The third-order valence-electron chi connectivity index (χ3n) is 5.32. The molecule has 26 heavy (non-hydrogen) atoms. The Kier molecular flexibility index (Phi) is 3.79. The molecule has 0 amide bonds. The van der Waals surface area contributed by atoms with E-state index in [-0.39, 0.29) is 11.2 Å². The number of nitroso groups, excluding NO2 is 1. The van der Waals surface area contributed by atoms with Crippen LogP contribution in [0.25, 0.3) is 22.3 Å². The number of hydrogen-bond donors (Lipinski definition) is 0. The molecule has 6 heteroatoms. The highest BCUT2D eigenvalue weighted by Crippen LogP contribution is 2.37. The summed E-state index contributed by atoms with van der Waals surface area (Å²) in [5.74, 6) is 0.739. The normalized spacial score (nSPS) is 18.4. The van der Waals surface area contributed by atoms with Crippen LogP contribution in [0.4, 0.5) is 5.69 Å². The van der Waals surface area contributed by atoms with E-state index >= 15 is 0 Å². The molecule has 5 nitrogen and oxygen atoms in total. The minimum Gasteiger partial charge on any atom is -0.456 e. The molecule has 0 atom stereocenters. The Labute approximate surface area is 152 Å². The lowest BCUT2D eigenvalue weighted by molar-refractivity contribution is 0.00578. The van der Waals surface area contributed by atoms with Gasteiger partial charge in [-0.2, -0.15) is 0 Å². The highest BCUT2D eigenvalue weighted by Gasteiger charge is 2.51. The minimum atomic E-state index is -0.402. The fourth-order valence-corrected chi connectivity index (χ4v) is 3.02. The van der Waals surface area contributed by atoms with Crippen molar-refractivity contribution in [2.45, 2.75) is 38.9 Å². The van der Waals surface area contributed by atoms with Gasteiger partial charge in [0.15, 0.2) is 0 Å². The third-order valence-corrected chi connectivity index (χ3v) is 5.32. The van der Waals surface area contributed by atoms with Crippen LogP contribution in [0.1, 0.15) is 27.7 Å². The van der Waals surface area contributed by atoms with Crippen molar-refractivity contribution in [1.82, 2.24) is 0 Å². The molecule has 2 aromatic carbocycles. The number of hydrogen-bond acceptors (Lipinski definition) is 5. The summed E-state index contributed by atoms with van der Waals surface area (Å²) in [4.78, 5) is 10.6. The summed E-state index contributed by atoms with van der Waals surface area (Å²) in [6.45, 7) is 8.16. The van der Waals surface area contributed by atoms with Gasteiger partial charge in [-0.3, -0.25) is 0 Å². The minimum absolute atomic E-state index is 0.372. The maximum absolute atomic E-state index is 10.6. The van der Waals surface area contributed by atoms with E-state index in [9.17, 15) is 4.91 Å². The molecular weight excluding hydrogens is 329 g/mol. The Bertz CT molecular complexity index is 959. The molecule has 2 heterocycles. The van der Waals surface area contributed by atoms with E-state index in [0.29, 0.717) is 5.69 Å². The van der Waals surface area contributed by atoms with Crippen molar-refractivity contribution in [2.75, 3.05) is 0 Å². The molecule has 0 bridgehead atoms. The predicted octanol–water partition coefficient (Wildman–Crippen LogP) is 4.80. The van der Waals surface area contributed by atoms with E-state index in [0.717, 1.165) is 27.8 Å². The Hall–Kier alpha value is -2.44. The van der Waals surface area contributed by atoms with Crippen LogP contribution in [0, 0.1) is 4.91 Å². The Morgan fingerprint density at radius 1 is 0.885 bits per heavy atom. The van der Waals surface area contributed by atoms with Crippen molar-refractivity contribution in [2.24, 2.45) is 5.18 Å². The van der Waals surface area contributed by atoms with Gasteiger partial charge in [-0.25, -0.2) is 0 Å². The van der Waals surface area contributed by atoms with Crippen LogP contribution < -0.4 is 5.46 Å². The number of rotatable bonds is 3. The second kappa shape index (κ2) is 5.79. The van der Waals surface area contributed by atoms with Crippen molar-refractivity contribution < 1.29 is 13.7 Å². The average molecular weight is 349 g/mol. The zero-order valence-electron chi connectivity index (χ0n) is 15.3. The van der Waals surface area contributed by atoms with Crippen LogP contribution in [-0.2, 0) is 9.31 Å². The topological polar surface area (TPSA) is 61.0 Å². The van der Waals surface area contributed by atoms with E-state index in [1.54, 1.807) is 12.1 Å². The number of fused-ring (bicyclic) bond motifs is 1. The van der Waals surface area contributed by atoms with Gasteiger partial charge in [0.25, 0.3) is 0 Å². The van der Waals surface area contributed by atoms with E-state index in [2.05, 4.69) is 5.18 Å². The summed E-state index contributed by atoms with van der Waals surface area (Å²) in [5, 5.41) is 3.90. The van der Waals surface area contributed by atoms with Gasteiger partial charge in [0, 0.05) is 10.9 Å². The second-order valence-electron chi connectivity index (χ2n) is 7.63. The number of nitrogens with zero attached hydrogens (tertiary/aromatic N) is 1. The quantitative estimate of drug-likeness (QED) is 0.503. The lowest BCUT2D eigenvalue weighted by atomic mass is 9.79. The van der Waals surface area contributed by atoms with Crippen molar-refractivity contribution in [3.8, 4) is 11.3 Å². The van der Waals surface area contributed by atoms with Crippen molar-refractivity contribution >= 4 is 29.2 Å². The van der Waals surface area contributed by atoms with Gasteiger partial charge in [0.05, 0.1) is 11.2 Å². The molecule has 0 N–H and O–H groups in total. The van der Waals surface area contributed by atoms with Gasteiger partial charge >= 0.3 is 7.12 Å². The standard InChI is InChI=1S/C20H20BNO4/c1-19(2)20(3,4)26-21(25-19)15-7-10-17-14(11-15)12-18(24-17)13-5-8-16(22-23)9-6-13/h5-12H,1-4H3. The number of furan rings is 1. The van der Waals surface area contributed by atoms with Crippen molar-refractivity contribution in [3.05, 3.63) is 53.4 Å². The lowest BCUT2D eigenvalue weighted by Gasteiger charge is -2.32. The van der Waals surface area contributed by atoms with E-state index in [1.807, 2.05) is 64.1 Å². The van der Waals surface area contributed by atoms with Gasteiger partial charge in [0.2, 0.25) is 0 Å². The first-order valence-electron chi connectivity index (χ1n) is 8.62. The van der Waals surface area contributed by atoms with Gasteiger partial charge < -0.3 is 13.7 Å². The summed E-state index contributed by atoms with van der Waals surface area (Å²) >= 11 is 0. The summed E-state index contributed by atoms with van der Waals surface area (Å²) in [6.07, 6.45) is 0. The van der Waals surface area contributed by atoms with Crippen molar-refractivity contribution in [3.63, 3.8) is 0 Å². The van der Waals surface area contributed by atoms with E-state index in [1.165, 1.54) is 0 Å². The van der Waals surface area contributed by atoms with E-state index < -0.39 is 7.12 Å². The molecule has 3 aromatic rings. The Morgan fingerprint density at radius 3 is 2.15 bits per heavy atom. The highest BCUT2D eigenvalue weighted by molar-refractivity contribution is 6.62. The fraction of sp³-hybridized carbons (Fsp3) is 0.300.